The summed E-state index contributed by atoms with van der Waals surface area (Å²) >= 11 is 3.36. The van der Waals surface area contributed by atoms with Gasteiger partial charge < -0.3 is 23.7 Å². The molecule has 176 valence electrons. The molecule has 1 aromatic carbocycles. The minimum Gasteiger partial charge on any atom is -0.342 e. The summed E-state index contributed by atoms with van der Waals surface area (Å²) < 4.78 is 34.7. The number of thioether (sulfide) groups is 1. The van der Waals surface area contributed by atoms with E-state index in [-0.39, 0.29) is 24.4 Å². The van der Waals surface area contributed by atoms with Crippen molar-refractivity contribution < 1.29 is 23.7 Å². The number of fused-ring (bicyclic) bond motifs is 4. The zero-order valence-electron chi connectivity index (χ0n) is 18.8. The van der Waals surface area contributed by atoms with Gasteiger partial charge in [-0.05, 0) is 39.8 Å². The second-order valence-electron chi connectivity index (χ2n) is 9.38. The lowest BCUT2D eigenvalue weighted by Gasteiger charge is -2.37. The SMILES string of the molecule is CC1(C)O[C@H]2OC(Cn3cc(CSc4nc5ccccc5s4)nn3)[C@@H]3OC(C)(C)O[C@@H]3[C@@H]2O1. The molecule has 0 saturated carbocycles. The van der Waals surface area contributed by atoms with Crippen molar-refractivity contribution in [1.29, 1.82) is 0 Å². The van der Waals surface area contributed by atoms with Crippen molar-refractivity contribution in [3.63, 3.8) is 0 Å². The summed E-state index contributed by atoms with van der Waals surface area (Å²) in [5.41, 5.74) is 1.91. The van der Waals surface area contributed by atoms with Crippen LogP contribution in [0.15, 0.2) is 34.8 Å². The second-order valence-corrected chi connectivity index (χ2v) is 11.6. The average molecular weight is 491 g/mol. The molecule has 5 heterocycles. The predicted molar refractivity (Wildman–Crippen MR) is 122 cm³/mol. The Morgan fingerprint density at radius 2 is 1.76 bits per heavy atom. The van der Waals surface area contributed by atoms with Crippen molar-refractivity contribution >= 4 is 33.3 Å². The van der Waals surface area contributed by atoms with E-state index in [0.717, 1.165) is 15.6 Å². The molecular weight excluding hydrogens is 464 g/mol. The molecule has 3 aliphatic heterocycles. The highest BCUT2D eigenvalue weighted by Crippen LogP contribution is 2.44. The second kappa shape index (κ2) is 7.98. The van der Waals surface area contributed by atoms with Crippen LogP contribution in [0.5, 0.6) is 0 Å². The van der Waals surface area contributed by atoms with E-state index in [4.69, 9.17) is 23.7 Å². The first-order valence-corrected chi connectivity index (χ1v) is 12.8. The number of hydrogen-bond acceptors (Lipinski definition) is 10. The van der Waals surface area contributed by atoms with E-state index in [0.29, 0.717) is 12.3 Å². The van der Waals surface area contributed by atoms with E-state index >= 15 is 0 Å². The standard InChI is InChI=1S/C22H26N4O5S2/c1-21(2)28-16-14(27-19-18(17(16)29-21)30-22(3,4)31-19)10-26-9-12(24-25-26)11-32-20-23-13-7-5-6-8-15(13)33-20/h5-9,14,16-19H,10-11H2,1-4H3/t14?,16-,17-,18-,19+/m0/s1. The zero-order valence-corrected chi connectivity index (χ0v) is 20.5. The van der Waals surface area contributed by atoms with Gasteiger partial charge in [0.1, 0.15) is 24.4 Å². The molecule has 3 fully saturated rings. The molecule has 3 saturated heterocycles. The van der Waals surface area contributed by atoms with Gasteiger partial charge in [0.2, 0.25) is 0 Å². The minimum atomic E-state index is -0.733. The lowest BCUT2D eigenvalue weighted by Crippen LogP contribution is -2.56. The molecule has 33 heavy (non-hydrogen) atoms. The van der Waals surface area contributed by atoms with Gasteiger partial charge in [-0.2, -0.15) is 0 Å². The van der Waals surface area contributed by atoms with Crippen molar-refractivity contribution in [3.05, 3.63) is 36.2 Å². The maximum Gasteiger partial charge on any atom is 0.190 e. The van der Waals surface area contributed by atoms with Gasteiger partial charge in [-0.3, -0.25) is 0 Å². The van der Waals surface area contributed by atoms with Crippen LogP contribution < -0.4 is 0 Å². The monoisotopic (exact) mass is 490 g/mol. The number of nitrogens with zero attached hydrogens (tertiary/aromatic N) is 4. The molecule has 11 heteroatoms. The molecule has 3 aliphatic rings. The number of rotatable bonds is 5. The molecule has 3 aromatic rings. The Morgan fingerprint density at radius 1 is 1.00 bits per heavy atom. The van der Waals surface area contributed by atoms with Gasteiger partial charge in [-0.1, -0.05) is 29.1 Å². The molecule has 0 spiro atoms. The zero-order chi connectivity index (χ0) is 22.8. The average Bonchev–Trinajstić information content (AvgIpc) is 3.49. The highest BCUT2D eigenvalue weighted by atomic mass is 32.2. The summed E-state index contributed by atoms with van der Waals surface area (Å²) in [7, 11) is 0. The van der Waals surface area contributed by atoms with Crippen LogP contribution in [0.4, 0.5) is 0 Å². The molecule has 9 nitrogen and oxygen atoms in total. The Balaban J connectivity index is 1.14. The fourth-order valence-electron chi connectivity index (χ4n) is 4.57. The third kappa shape index (κ3) is 4.31. The summed E-state index contributed by atoms with van der Waals surface area (Å²) in [5, 5.41) is 8.66. The Morgan fingerprint density at radius 3 is 2.61 bits per heavy atom. The molecular formula is C22H26N4O5S2. The lowest BCUT2D eigenvalue weighted by atomic mass is 9.99. The number of hydrogen-bond donors (Lipinski definition) is 0. The Bertz CT molecular complexity index is 1130. The number of ether oxygens (including phenoxy) is 5. The van der Waals surface area contributed by atoms with E-state index in [1.54, 1.807) is 27.8 Å². The highest BCUT2D eigenvalue weighted by Gasteiger charge is 2.60. The van der Waals surface area contributed by atoms with Gasteiger partial charge >= 0.3 is 0 Å². The van der Waals surface area contributed by atoms with Crippen LogP contribution in [0.3, 0.4) is 0 Å². The van der Waals surface area contributed by atoms with Gasteiger partial charge in [0, 0.05) is 11.9 Å². The molecule has 0 aliphatic carbocycles. The first-order valence-electron chi connectivity index (χ1n) is 11.0. The van der Waals surface area contributed by atoms with Crippen LogP contribution in [-0.4, -0.2) is 62.3 Å². The summed E-state index contributed by atoms with van der Waals surface area (Å²) in [6, 6.07) is 8.16. The lowest BCUT2D eigenvalue weighted by molar-refractivity contribution is -0.236. The first kappa shape index (κ1) is 21.9. The van der Waals surface area contributed by atoms with Gasteiger partial charge in [-0.25, -0.2) is 9.67 Å². The number of aromatic nitrogens is 4. The Kier molecular flexibility index (Phi) is 5.29. The summed E-state index contributed by atoms with van der Waals surface area (Å²) in [6.45, 7) is 8.06. The number of thiazole rings is 1. The molecule has 6 rings (SSSR count). The smallest absolute Gasteiger partial charge is 0.190 e. The van der Waals surface area contributed by atoms with Gasteiger partial charge in [0.25, 0.3) is 0 Å². The quantitative estimate of drug-likeness (QED) is 0.498. The van der Waals surface area contributed by atoms with Crippen LogP contribution in [-0.2, 0) is 36.0 Å². The fourth-order valence-corrected chi connectivity index (χ4v) is 6.51. The normalized spacial score (nSPS) is 32.2. The van der Waals surface area contributed by atoms with E-state index in [9.17, 15) is 0 Å². The number of benzene rings is 1. The summed E-state index contributed by atoms with van der Waals surface area (Å²) in [6.07, 6.45) is 0.233. The van der Waals surface area contributed by atoms with Gasteiger partial charge in [0.15, 0.2) is 22.2 Å². The van der Waals surface area contributed by atoms with Gasteiger partial charge in [0.05, 0.1) is 22.5 Å². The minimum absolute atomic E-state index is 0.275. The van der Waals surface area contributed by atoms with Crippen molar-refractivity contribution in [2.45, 2.75) is 86.6 Å². The Labute approximate surface area is 199 Å². The maximum absolute atomic E-state index is 6.28. The van der Waals surface area contributed by atoms with Crippen LogP contribution in [0.2, 0.25) is 0 Å². The third-order valence-electron chi connectivity index (χ3n) is 5.82. The fraction of sp³-hybridized carbons (Fsp3) is 0.591. The molecule has 0 radical (unpaired) electrons. The maximum atomic E-state index is 6.28. The van der Waals surface area contributed by atoms with E-state index in [2.05, 4.69) is 21.4 Å². The van der Waals surface area contributed by atoms with Crippen molar-refractivity contribution in [2.75, 3.05) is 0 Å². The van der Waals surface area contributed by atoms with Crippen LogP contribution in [0, 0.1) is 0 Å². The molecule has 0 bridgehead atoms. The van der Waals surface area contributed by atoms with Crippen LogP contribution >= 0.6 is 23.1 Å². The molecule has 0 N–H and O–H groups in total. The van der Waals surface area contributed by atoms with Crippen molar-refractivity contribution in [3.8, 4) is 0 Å². The summed E-state index contributed by atoms with van der Waals surface area (Å²) in [4.78, 5) is 4.67. The van der Waals surface area contributed by atoms with E-state index in [1.807, 2.05) is 52.1 Å². The largest absolute Gasteiger partial charge is 0.342 e. The Hall–Kier alpha value is -1.60. The van der Waals surface area contributed by atoms with Crippen molar-refractivity contribution in [1.82, 2.24) is 20.0 Å². The highest BCUT2D eigenvalue weighted by molar-refractivity contribution is 8.00. The third-order valence-corrected chi connectivity index (χ3v) is 8.03. The molecule has 1 unspecified atom stereocenters. The van der Waals surface area contributed by atoms with Crippen LogP contribution in [0.25, 0.3) is 10.2 Å². The van der Waals surface area contributed by atoms with E-state index in [1.165, 1.54) is 4.70 Å². The molecule has 5 atom stereocenters. The topological polar surface area (TPSA) is 89.8 Å². The molecule has 0 amide bonds. The van der Waals surface area contributed by atoms with Crippen LogP contribution in [0.1, 0.15) is 33.4 Å². The van der Waals surface area contributed by atoms with Gasteiger partial charge in [-0.15, -0.1) is 16.4 Å². The molecule has 2 aromatic heterocycles. The van der Waals surface area contributed by atoms with E-state index < -0.39 is 17.9 Å². The predicted octanol–water partition coefficient (Wildman–Crippen LogP) is 3.58. The summed E-state index contributed by atoms with van der Waals surface area (Å²) in [5.74, 6) is -0.758. The first-order chi connectivity index (χ1) is 15.7. The number of para-hydroxylation sites is 1. The van der Waals surface area contributed by atoms with Crippen molar-refractivity contribution in [2.24, 2.45) is 0 Å².